The van der Waals surface area contributed by atoms with Crippen LogP contribution in [0.1, 0.15) is 31.1 Å². The molecule has 1 aromatic rings. The van der Waals surface area contributed by atoms with Crippen LogP contribution in [0.4, 0.5) is 14.9 Å². The first-order valence-corrected chi connectivity index (χ1v) is 7.78. The molecule has 2 amide bonds. The smallest absolute Gasteiger partial charge is 0.342 e. The maximum atomic E-state index is 13.9. The van der Waals surface area contributed by atoms with E-state index in [0.29, 0.717) is 19.7 Å². The molecule has 24 heavy (non-hydrogen) atoms. The molecule has 2 rings (SSSR count). The van der Waals surface area contributed by atoms with E-state index in [2.05, 4.69) is 10.1 Å². The van der Waals surface area contributed by atoms with Gasteiger partial charge < -0.3 is 19.7 Å². The lowest BCUT2D eigenvalue weighted by atomic mass is 9.88. The number of urea groups is 1. The van der Waals surface area contributed by atoms with Crippen LogP contribution in [0, 0.1) is 11.2 Å². The Bertz CT molecular complexity index is 628. The van der Waals surface area contributed by atoms with E-state index in [9.17, 15) is 14.0 Å². The monoisotopic (exact) mass is 338 g/mol. The highest BCUT2D eigenvalue weighted by atomic mass is 19.1. The van der Waals surface area contributed by atoms with Gasteiger partial charge in [0.05, 0.1) is 25.5 Å². The van der Waals surface area contributed by atoms with Gasteiger partial charge in [0.1, 0.15) is 11.4 Å². The van der Waals surface area contributed by atoms with Crippen molar-refractivity contribution in [3.05, 3.63) is 29.6 Å². The van der Waals surface area contributed by atoms with Gasteiger partial charge in [-0.2, -0.15) is 0 Å². The Morgan fingerprint density at radius 3 is 2.71 bits per heavy atom. The van der Waals surface area contributed by atoms with E-state index in [4.69, 9.17) is 4.74 Å². The van der Waals surface area contributed by atoms with Crippen LogP contribution < -0.4 is 5.32 Å². The molecule has 0 aliphatic carbocycles. The Morgan fingerprint density at radius 2 is 2.08 bits per heavy atom. The summed E-state index contributed by atoms with van der Waals surface area (Å²) in [4.78, 5) is 25.9. The second-order valence-corrected chi connectivity index (χ2v) is 6.76. The summed E-state index contributed by atoms with van der Waals surface area (Å²) in [5, 5.41) is 2.60. The normalized spacial score (nSPS) is 18.2. The Labute approximate surface area is 140 Å². The van der Waals surface area contributed by atoms with Crippen molar-refractivity contribution in [2.45, 2.75) is 26.9 Å². The van der Waals surface area contributed by atoms with Crippen LogP contribution >= 0.6 is 0 Å². The van der Waals surface area contributed by atoms with Gasteiger partial charge in [0, 0.05) is 13.1 Å². The van der Waals surface area contributed by atoms with Gasteiger partial charge in [-0.3, -0.25) is 0 Å². The molecule has 132 valence electrons. The van der Waals surface area contributed by atoms with Gasteiger partial charge in [-0.1, -0.05) is 26.8 Å². The van der Waals surface area contributed by atoms with Crippen molar-refractivity contribution in [3.63, 3.8) is 0 Å². The third kappa shape index (κ3) is 4.03. The zero-order valence-electron chi connectivity index (χ0n) is 14.4. The number of hydrogen-bond donors (Lipinski definition) is 1. The van der Waals surface area contributed by atoms with Gasteiger partial charge in [0.25, 0.3) is 0 Å². The van der Waals surface area contributed by atoms with E-state index in [0.717, 1.165) is 13.2 Å². The maximum absolute atomic E-state index is 13.9. The number of halogens is 1. The molecule has 0 bridgehead atoms. The number of esters is 1. The summed E-state index contributed by atoms with van der Waals surface area (Å²) in [5.74, 6) is -1.58. The van der Waals surface area contributed by atoms with Crippen molar-refractivity contribution in [2.24, 2.45) is 5.41 Å². The van der Waals surface area contributed by atoms with Crippen LogP contribution in [-0.2, 0) is 9.47 Å². The lowest BCUT2D eigenvalue weighted by molar-refractivity contribution is -0.0664. The van der Waals surface area contributed by atoms with Crippen molar-refractivity contribution >= 4 is 17.7 Å². The molecule has 0 spiro atoms. The zero-order chi connectivity index (χ0) is 17.9. The quantitative estimate of drug-likeness (QED) is 0.842. The molecule has 1 atom stereocenters. The van der Waals surface area contributed by atoms with Crippen molar-refractivity contribution < 1.29 is 23.5 Å². The van der Waals surface area contributed by atoms with E-state index in [1.165, 1.54) is 12.1 Å². The summed E-state index contributed by atoms with van der Waals surface area (Å²) in [5.41, 5.74) is -0.297. The fraction of sp³-hybridized carbons (Fsp3) is 0.529. The fourth-order valence-corrected chi connectivity index (χ4v) is 2.49. The number of benzene rings is 1. The highest BCUT2D eigenvalue weighted by molar-refractivity contribution is 6.01. The first-order valence-electron chi connectivity index (χ1n) is 7.78. The predicted molar refractivity (Wildman–Crippen MR) is 87.5 cm³/mol. The van der Waals surface area contributed by atoms with Crippen LogP contribution in [0.5, 0.6) is 0 Å². The Hall–Kier alpha value is -2.15. The lowest BCUT2D eigenvalue weighted by Gasteiger charge is -2.39. The van der Waals surface area contributed by atoms with Crippen molar-refractivity contribution in [3.8, 4) is 0 Å². The number of ether oxygens (including phenoxy) is 2. The molecule has 0 aromatic heterocycles. The van der Waals surface area contributed by atoms with E-state index in [1.54, 1.807) is 4.90 Å². The summed E-state index contributed by atoms with van der Waals surface area (Å²) in [6, 6.07) is 3.64. The van der Waals surface area contributed by atoms with Crippen LogP contribution in [0.3, 0.4) is 0 Å². The second kappa shape index (κ2) is 7.17. The zero-order valence-corrected chi connectivity index (χ0v) is 14.4. The predicted octanol–water partition coefficient (Wildman–Crippen LogP) is 2.89. The van der Waals surface area contributed by atoms with Crippen LogP contribution in [-0.4, -0.2) is 49.8 Å². The molecule has 1 fully saturated rings. The summed E-state index contributed by atoms with van der Waals surface area (Å²) in [6.07, 6.45) is -0.0930. The standard InChI is InChI=1S/C17H23FN2O4/c1-17(2,3)13-10-20(8-9-24-13)16(22)19-12-7-5-6-11(18)14(12)15(21)23-4/h5-7,13H,8-10H2,1-4H3,(H,19,22)/t13-/m0/s1. The number of nitrogens with zero attached hydrogens (tertiary/aromatic N) is 1. The highest BCUT2D eigenvalue weighted by Crippen LogP contribution is 2.26. The van der Waals surface area contributed by atoms with E-state index in [1.807, 2.05) is 20.8 Å². The number of amides is 2. The lowest BCUT2D eigenvalue weighted by Crippen LogP contribution is -2.51. The van der Waals surface area contributed by atoms with Gasteiger partial charge >= 0.3 is 12.0 Å². The SMILES string of the molecule is COC(=O)c1c(F)cccc1NC(=O)N1CCO[C@H](C(C)(C)C)C1. The van der Waals surface area contributed by atoms with Gasteiger partial charge in [-0.05, 0) is 17.5 Å². The Morgan fingerprint density at radius 1 is 1.38 bits per heavy atom. The summed E-state index contributed by atoms with van der Waals surface area (Å²) in [6.45, 7) is 7.42. The first-order chi connectivity index (χ1) is 11.2. The molecule has 0 saturated carbocycles. The molecular weight excluding hydrogens is 315 g/mol. The minimum atomic E-state index is -0.835. The average Bonchev–Trinajstić information content (AvgIpc) is 2.53. The topological polar surface area (TPSA) is 67.9 Å². The molecule has 1 heterocycles. The van der Waals surface area contributed by atoms with Crippen LogP contribution in [0.2, 0.25) is 0 Å². The average molecular weight is 338 g/mol. The number of hydrogen-bond acceptors (Lipinski definition) is 4. The molecule has 1 saturated heterocycles. The summed E-state index contributed by atoms with van der Waals surface area (Å²) in [7, 11) is 1.16. The minimum Gasteiger partial charge on any atom is -0.465 e. The van der Waals surface area contributed by atoms with E-state index in [-0.39, 0.29) is 22.8 Å². The number of carbonyl (C=O) groups is 2. The molecule has 7 heteroatoms. The molecular formula is C17H23FN2O4. The third-order valence-electron chi connectivity index (χ3n) is 3.96. The number of carbonyl (C=O) groups excluding carboxylic acids is 2. The van der Waals surface area contributed by atoms with E-state index < -0.39 is 17.8 Å². The van der Waals surface area contributed by atoms with Crippen LogP contribution in [0.15, 0.2) is 18.2 Å². The Kier molecular flexibility index (Phi) is 5.43. The van der Waals surface area contributed by atoms with Gasteiger partial charge in [-0.25, -0.2) is 14.0 Å². The second-order valence-electron chi connectivity index (χ2n) is 6.76. The molecule has 6 nitrogen and oxygen atoms in total. The largest absolute Gasteiger partial charge is 0.465 e. The molecule has 1 aromatic carbocycles. The van der Waals surface area contributed by atoms with Crippen molar-refractivity contribution in [1.82, 2.24) is 4.90 Å². The fourth-order valence-electron chi connectivity index (χ4n) is 2.49. The van der Waals surface area contributed by atoms with Crippen molar-refractivity contribution in [2.75, 3.05) is 32.1 Å². The summed E-state index contributed by atoms with van der Waals surface area (Å²) >= 11 is 0. The number of rotatable bonds is 2. The molecule has 0 radical (unpaired) electrons. The first kappa shape index (κ1) is 18.2. The van der Waals surface area contributed by atoms with Gasteiger partial charge in [-0.15, -0.1) is 0 Å². The number of nitrogens with one attached hydrogen (secondary N) is 1. The Balaban J connectivity index is 2.15. The van der Waals surface area contributed by atoms with E-state index >= 15 is 0 Å². The van der Waals surface area contributed by atoms with Gasteiger partial charge in [0.15, 0.2) is 0 Å². The molecule has 1 aliphatic rings. The van der Waals surface area contributed by atoms with Gasteiger partial charge in [0.2, 0.25) is 0 Å². The summed E-state index contributed by atoms with van der Waals surface area (Å²) < 4.78 is 24.2. The third-order valence-corrected chi connectivity index (χ3v) is 3.96. The number of morpholine rings is 1. The number of methoxy groups -OCH3 is 1. The van der Waals surface area contributed by atoms with Crippen molar-refractivity contribution in [1.29, 1.82) is 0 Å². The minimum absolute atomic E-state index is 0.0886. The molecule has 1 aliphatic heterocycles. The molecule has 1 N–H and O–H groups in total. The molecule has 0 unspecified atom stereocenters. The highest BCUT2D eigenvalue weighted by Gasteiger charge is 2.33. The maximum Gasteiger partial charge on any atom is 0.342 e. The van der Waals surface area contributed by atoms with Crippen LogP contribution in [0.25, 0.3) is 0 Å². The number of anilines is 1.